The van der Waals surface area contributed by atoms with Crippen molar-refractivity contribution in [3.05, 3.63) is 35.9 Å². The fourth-order valence-electron chi connectivity index (χ4n) is 3.46. The summed E-state index contributed by atoms with van der Waals surface area (Å²) in [6.07, 6.45) is 1.27. The Labute approximate surface area is 130 Å². The van der Waals surface area contributed by atoms with E-state index in [9.17, 15) is 9.59 Å². The maximum atomic E-state index is 12.2. The van der Waals surface area contributed by atoms with Gasteiger partial charge in [0, 0.05) is 38.6 Å². The van der Waals surface area contributed by atoms with E-state index >= 15 is 0 Å². The SMILES string of the molecule is COC(=O)[C@@H]1CC(=O)N([C@H]2CCN(Cc3ccccc3)C2)C1. The average molecular weight is 302 g/mol. The molecule has 2 aliphatic heterocycles. The molecule has 2 saturated heterocycles. The Morgan fingerprint density at radius 1 is 1.27 bits per heavy atom. The van der Waals surface area contributed by atoms with Crippen molar-refractivity contribution < 1.29 is 14.3 Å². The molecule has 2 atom stereocenters. The summed E-state index contributed by atoms with van der Waals surface area (Å²) in [6.45, 7) is 3.30. The van der Waals surface area contributed by atoms with Crippen LogP contribution in [0.2, 0.25) is 0 Å². The number of carbonyl (C=O) groups excluding carboxylic acids is 2. The second kappa shape index (κ2) is 6.48. The molecule has 3 rings (SSSR count). The van der Waals surface area contributed by atoms with Crippen molar-refractivity contribution in [2.75, 3.05) is 26.7 Å². The second-order valence-electron chi connectivity index (χ2n) is 6.13. The summed E-state index contributed by atoms with van der Waals surface area (Å²) in [5.74, 6) is -0.474. The largest absolute Gasteiger partial charge is 0.469 e. The van der Waals surface area contributed by atoms with Gasteiger partial charge in [-0.2, -0.15) is 0 Å². The molecule has 0 aromatic heterocycles. The van der Waals surface area contributed by atoms with Crippen molar-refractivity contribution >= 4 is 11.9 Å². The highest BCUT2D eigenvalue weighted by Gasteiger charge is 2.40. The zero-order chi connectivity index (χ0) is 15.5. The summed E-state index contributed by atoms with van der Waals surface area (Å²) in [6, 6.07) is 10.6. The molecule has 5 nitrogen and oxygen atoms in total. The molecule has 0 bridgehead atoms. The number of nitrogens with zero attached hydrogens (tertiary/aromatic N) is 2. The van der Waals surface area contributed by atoms with E-state index in [1.165, 1.54) is 12.7 Å². The zero-order valence-electron chi connectivity index (χ0n) is 12.9. The quantitative estimate of drug-likeness (QED) is 0.786. The molecule has 1 aromatic carbocycles. The number of hydrogen-bond acceptors (Lipinski definition) is 4. The van der Waals surface area contributed by atoms with Gasteiger partial charge in [-0.05, 0) is 12.0 Å². The van der Waals surface area contributed by atoms with Gasteiger partial charge in [-0.1, -0.05) is 30.3 Å². The van der Waals surface area contributed by atoms with Crippen LogP contribution in [0, 0.1) is 5.92 Å². The van der Waals surface area contributed by atoms with Crippen molar-refractivity contribution in [2.24, 2.45) is 5.92 Å². The number of rotatable bonds is 4. The van der Waals surface area contributed by atoms with Crippen molar-refractivity contribution in [2.45, 2.75) is 25.4 Å². The molecule has 2 heterocycles. The Morgan fingerprint density at radius 2 is 2.05 bits per heavy atom. The Hall–Kier alpha value is -1.88. The van der Waals surface area contributed by atoms with Gasteiger partial charge < -0.3 is 9.64 Å². The topological polar surface area (TPSA) is 49.9 Å². The van der Waals surface area contributed by atoms with Gasteiger partial charge in [-0.3, -0.25) is 14.5 Å². The van der Waals surface area contributed by atoms with Crippen LogP contribution in [-0.2, 0) is 20.9 Å². The van der Waals surface area contributed by atoms with Crippen LogP contribution in [0.3, 0.4) is 0 Å². The summed E-state index contributed by atoms with van der Waals surface area (Å²) < 4.78 is 4.77. The van der Waals surface area contributed by atoms with Crippen LogP contribution in [0.4, 0.5) is 0 Å². The van der Waals surface area contributed by atoms with Crippen molar-refractivity contribution in [3.8, 4) is 0 Å². The third-order valence-electron chi connectivity index (χ3n) is 4.63. The summed E-state index contributed by atoms with van der Waals surface area (Å²) in [4.78, 5) is 28.0. The van der Waals surface area contributed by atoms with Crippen LogP contribution >= 0.6 is 0 Å². The maximum Gasteiger partial charge on any atom is 0.310 e. The van der Waals surface area contributed by atoms with E-state index in [0.717, 1.165) is 26.1 Å². The molecule has 5 heteroatoms. The molecule has 0 N–H and O–H groups in total. The number of likely N-dealkylation sites (tertiary alicyclic amines) is 2. The first-order chi connectivity index (χ1) is 10.7. The van der Waals surface area contributed by atoms with Gasteiger partial charge in [0.25, 0.3) is 0 Å². The molecule has 0 unspecified atom stereocenters. The van der Waals surface area contributed by atoms with E-state index in [0.29, 0.717) is 13.0 Å². The maximum absolute atomic E-state index is 12.2. The lowest BCUT2D eigenvalue weighted by molar-refractivity contribution is -0.145. The van der Waals surface area contributed by atoms with Crippen LogP contribution in [-0.4, -0.2) is 54.5 Å². The van der Waals surface area contributed by atoms with Gasteiger partial charge in [0.05, 0.1) is 13.0 Å². The number of amides is 1. The number of ether oxygens (including phenoxy) is 1. The Morgan fingerprint density at radius 3 is 2.77 bits per heavy atom. The molecule has 0 aliphatic carbocycles. The predicted octanol–water partition coefficient (Wildman–Crippen LogP) is 1.28. The summed E-state index contributed by atoms with van der Waals surface area (Å²) >= 11 is 0. The van der Waals surface area contributed by atoms with Crippen LogP contribution in [0.15, 0.2) is 30.3 Å². The highest BCUT2D eigenvalue weighted by atomic mass is 16.5. The molecule has 0 radical (unpaired) electrons. The Bertz CT molecular complexity index is 546. The highest BCUT2D eigenvalue weighted by molar-refractivity contribution is 5.87. The van der Waals surface area contributed by atoms with Crippen LogP contribution in [0.1, 0.15) is 18.4 Å². The van der Waals surface area contributed by atoms with Crippen molar-refractivity contribution in [1.82, 2.24) is 9.80 Å². The number of esters is 1. The van der Waals surface area contributed by atoms with Gasteiger partial charge in [-0.25, -0.2) is 0 Å². The van der Waals surface area contributed by atoms with Gasteiger partial charge in [0.2, 0.25) is 5.91 Å². The van der Waals surface area contributed by atoms with Crippen LogP contribution < -0.4 is 0 Å². The fourth-order valence-corrected chi connectivity index (χ4v) is 3.46. The molecule has 118 valence electrons. The second-order valence-corrected chi connectivity index (χ2v) is 6.13. The summed E-state index contributed by atoms with van der Waals surface area (Å²) in [5, 5.41) is 0. The Balaban J connectivity index is 1.56. The number of benzene rings is 1. The van der Waals surface area contributed by atoms with Crippen molar-refractivity contribution in [3.63, 3.8) is 0 Å². The number of methoxy groups -OCH3 is 1. The number of carbonyl (C=O) groups is 2. The van der Waals surface area contributed by atoms with Gasteiger partial charge in [0.1, 0.15) is 0 Å². The monoisotopic (exact) mass is 302 g/mol. The lowest BCUT2D eigenvalue weighted by Crippen LogP contribution is -2.39. The third kappa shape index (κ3) is 3.14. The van der Waals surface area contributed by atoms with E-state index < -0.39 is 0 Å². The highest BCUT2D eigenvalue weighted by Crippen LogP contribution is 2.26. The molecule has 2 aliphatic rings. The lowest BCUT2D eigenvalue weighted by atomic mass is 10.1. The van der Waals surface area contributed by atoms with E-state index in [4.69, 9.17) is 4.74 Å². The molecule has 22 heavy (non-hydrogen) atoms. The van der Waals surface area contributed by atoms with Crippen molar-refractivity contribution in [1.29, 1.82) is 0 Å². The minimum atomic E-state index is -0.291. The molecular formula is C17H22N2O3. The van der Waals surface area contributed by atoms with Gasteiger partial charge in [-0.15, -0.1) is 0 Å². The molecule has 1 aromatic rings. The van der Waals surface area contributed by atoms with E-state index in [1.54, 1.807) is 0 Å². The first-order valence-corrected chi connectivity index (χ1v) is 7.81. The summed E-state index contributed by atoms with van der Waals surface area (Å²) in [7, 11) is 1.38. The van der Waals surface area contributed by atoms with Crippen LogP contribution in [0.25, 0.3) is 0 Å². The third-order valence-corrected chi connectivity index (χ3v) is 4.63. The van der Waals surface area contributed by atoms with E-state index in [-0.39, 0.29) is 23.8 Å². The minimum absolute atomic E-state index is 0.0851. The fraction of sp³-hybridized carbons (Fsp3) is 0.529. The van der Waals surface area contributed by atoms with Crippen LogP contribution in [0.5, 0.6) is 0 Å². The molecule has 1 amide bonds. The molecule has 0 spiro atoms. The standard InChI is InChI=1S/C17H22N2O3/c1-22-17(21)14-9-16(20)19(11-14)15-7-8-18(12-15)10-13-5-3-2-4-6-13/h2-6,14-15H,7-12H2,1H3/t14-,15+/m1/s1. The summed E-state index contributed by atoms with van der Waals surface area (Å²) in [5.41, 5.74) is 1.29. The first kappa shape index (κ1) is 15.0. The first-order valence-electron chi connectivity index (χ1n) is 7.81. The normalized spacial score (nSPS) is 25.7. The predicted molar refractivity (Wildman–Crippen MR) is 82.0 cm³/mol. The van der Waals surface area contributed by atoms with E-state index in [2.05, 4.69) is 17.0 Å². The zero-order valence-corrected chi connectivity index (χ0v) is 12.9. The molecule has 0 saturated carbocycles. The smallest absolute Gasteiger partial charge is 0.310 e. The Kier molecular flexibility index (Phi) is 4.43. The number of hydrogen-bond donors (Lipinski definition) is 0. The average Bonchev–Trinajstić information content (AvgIpc) is 3.14. The van der Waals surface area contributed by atoms with Gasteiger partial charge >= 0.3 is 5.97 Å². The van der Waals surface area contributed by atoms with Gasteiger partial charge in [0.15, 0.2) is 0 Å². The van der Waals surface area contributed by atoms with E-state index in [1.807, 2.05) is 23.1 Å². The molecular weight excluding hydrogens is 280 g/mol. The lowest BCUT2D eigenvalue weighted by Gasteiger charge is -2.24. The molecule has 2 fully saturated rings. The minimum Gasteiger partial charge on any atom is -0.469 e.